The Bertz CT molecular complexity index is 297. The second kappa shape index (κ2) is 6.03. The number of hydrogen-bond donors (Lipinski definition) is 1. The zero-order chi connectivity index (χ0) is 11.1. The molecule has 0 aliphatic carbocycles. The lowest BCUT2D eigenvalue weighted by Gasteiger charge is -2.21. The van der Waals surface area contributed by atoms with Gasteiger partial charge in [0.1, 0.15) is 5.82 Å². The van der Waals surface area contributed by atoms with Crippen LogP contribution in [0.15, 0.2) is 31.0 Å². The maximum absolute atomic E-state index is 5.58. The van der Waals surface area contributed by atoms with E-state index < -0.39 is 0 Å². The number of rotatable bonds is 6. The molecular formula is C11H17N3O. The molecule has 0 bridgehead atoms. The Labute approximate surface area is 90.4 Å². The molecule has 0 radical (unpaired) electrons. The zero-order valence-corrected chi connectivity index (χ0v) is 9.02. The molecule has 0 saturated carbocycles. The van der Waals surface area contributed by atoms with E-state index in [4.69, 9.17) is 10.5 Å². The Morgan fingerprint density at radius 1 is 1.60 bits per heavy atom. The number of ether oxygens (including phenoxy) is 1. The second-order valence-corrected chi connectivity index (χ2v) is 3.18. The summed E-state index contributed by atoms with van der Waals surface area (Å²) in [5.74, 6) is 0.890. The van der Waals surface area contributed by atoms with E-state index in [1.807, 2.05) is 18.2 Å². The summed E-state index contributed by atoms with van der Waals surface area (Å²) in [7, 11) is 1.68. The third kappa shape index (κ3) is 3.59. The van der Waals surface area contributed by atoms with Crippen LogP contribution in [0.1, 0.15) is 0 Å². The Kier molecular flexibility index (Phi) is 4.63. The monoisotopic (exact) mass is 207 g/mol. The molecule has 1 aromatic heterocycles. The number of hydrogen-bond acceptors (Lipinski definition) is 4. The second-order valence-electron chi connectivity index (χ2n) is 3.18. The van der Waals surface area contributed by atoms with Gasteiger partial charge in [-0.05, 0) is 12.1 Å². The van der Waals surface area contributed by atoms with Crippen LogP contribution in [0.3, 0.4) is 0 Å². The highest BCUT2D eigenvalue weighted by Gasteiger charge is 2.04. The van der Waals surface area contributed by atoms with E-state index in [0.717, 1.165) is 18.9 Å². The van der Waals surface area contributed by atoms with Gasteiger partial charge in [0, 0.05) is 20.2 Å². The minimum absolute atomic E-state index is 0.667. The average Bonchev–Trinajstić information content (AvgIpc) is 2.25. The zero-order valence-electron chi connectivity index (χ0n) is 9.02. The molecule has 0 saturated heterocycles. The predicted octanol–water partition coefficient (Wildman–Crippen LogP) is 1.30. The van der Waals surface area contributed by atoms with Gasteiger partial charge < -0.3 is 15.4 Å². The third-order valence-corrected chi connectivity index (χ3v) is 2.01. The van der Waals surface area contributed by atoms with Gasteiger partial charge in [0.2, 0.25) is 0 Å². The van der Waals surface area contributed by atoms with Crippen LogP contribution in [-0.2, 0) is 4.74 Å². The van der Waals surface area contributed by atoms with Gasteiger partial charge in [0.25, 0.3) is 0 Å². The van der Waals surface area contributed by atoms with Crippen molar-refractivity contribution in [3.8, 4) is 0 Å². The first kappa shape index (κ1) is 11.5. The lowest BCUT2D eigenvalue weighted by Crippen LogP contribution is -2.28. The fraction of sp³-hybridized carbons (Fsp3) is 0.364. The molecular weight excluding hydrogens is 190 g/mol. The molecule has 15 heavy (non-hydrogen) atoms. The topological polar surface area (TPSA) is 51.4 Å². The Balaban J connectivity index is 2.69. The lowest BCUT2D eigenvalue weighted by atomic mass is 10.3. The van der Waals surface area contributed by atoms with Crippen LogP contribution in [0.2, 0.25) is 0 Å². The Hall–Kier alpha value is -1.55. The summed E-state index contributed by atoms with van der Waals surface area (Å²) in [4.78, 5) is 6.33. The molecule has 1 rings (SSSR count). The highest BCUT2D eigenvalue weighted by Crippen LogP contribution is 2.11. The normalized spacial score (nSPS) is 9.93. The van der Waals surface area contributed by atoms with Gasteiger partial charge in [0.15, 0.2) is 0 Å². The van der Waals surface area contributed by atoms with Gasteiger partial charge >= 0.3 is 0 Å². The molecule has 2 N–H and O–H groups in total. The maximum Gasteiger partial charge on any atom is 0.128 e. The van der Waals surface area contributed by atoms with Crippen molar-refractivity contribution in [2.24, 2.45) is 0 Å². The van der Waals surface area contributed by atoms with Crippen molar-refractivity contribution in [1.82, 2.24) is 4.98 Å². The lowest BCUT2D eigenvalue weighted by molar-refractivity contribution is 0.205. The molecule has 0 spiro atoms. The molecule has 0 aliphatic rings. The summed E-state index contributed by atoms with van der Waals surface area (Å²) in [5, 5.41) is 0. The maximum atomic E-state index is 5.58. The van der Waals surface area contributed by atoms with E-state index in [1.165, 1.54) is 0 Å². The molecule has 4 nitrogen and oxygen atoms in total. The van der Waals surface area contributed by atoms with E-state index in [2.05, 4.69) is 16.5 Å². The molecule has 1 aromatic rings. The SMILES string of the molecule is C=CCN(CCOC)c1ccc(N)cn1. The van der Waals surface area contributed by atoms with E-state index in [0.29, 0.717) is 12.3 Å². The summed E-state index contributed by atoms with van der Waals surface area (Å²) in [5.41, 5.74) is 6.25. The molecule has 0 unspecified atom stereocenters. The van der Waals surface area contributed by atoms with Crippen molar-refractivity contribution in [3.63, 3.8) is 0 Å². The average molecular weight is 207 g/mol. The van der Waals surface area contributed by atoms with Crippen molar-refractivity contribution >= 4 is 11.5 Å². The highest BCUT2D eigenvalue weighted by molar-refractivity contribution is 5.46. The number of methoxy groups -OCH3 is 1. The van der Waals surface area contributed by atoms with E-state index in [-0.39, 0.29) is 0 Å². The van der Waals surface area contributed by atoms with Crippen molar-refractivity contribution in [3.05, 3.63) is 31.0 Å². The van der Waals surface area contributed by atoms with Crippen LogP contribution in [0, 0.1) is 0 Å². The minimum Gasteiger partial charge on any atom is -0.397 e. The molecule has 0 aliphatic heterocycles. The number of nitrogen functional groups attached to an aromatic ring is 1. The van der Waals surface area contributed by atoms with Gasteiger partial charge in [-0.25, -0.2) is 4.98 Å². The van der Waals surface area contributed by atoms with Crippen LogP contribution < -0.4 is 10.6 Å². The first-order chi connectivity index (χ1) is 7.27. The number of nitrogens with zero attached hydrogens (tertiary/aromatic N) is 2. The van der Waals surface area contributed by atoms with Crippen molar-refractivity contribution in [2.75, 3.05) is 37.4 Å². The van der Waals surface area contributed by atoms with Gasteiger partial charge in [-0.2, -0.15) is 0 Å². The van der Waals surface area contributed by atoms with Gasteiger partial charge in [-0.15, -0.1) is 6.58 Å². The van der Waals surface area contributed by atoms with E-state index >= 15 is 0 Å². The van der Waals surface area contributed by atoms with Crippen LogP contribution in [-0.4, -0.2) is 31.8 Å². The third-order valence-electron chi connectivity index (χ3n) is 2.01. The fourth-order valence-electron chi connectivity index (χ4n) is 1.24. The summed E-state index contributed by atoms with van der Waals surface area (Å²) in [6.07, 6.45) is 3.49. The first-order valence-electron chi connectivity index (χ1n) is 4.84. The predicted molar refractivity (Wildman–Crippen MR) is 62.9 cm³/mol. The molecule has 0 amide bonds. The molecule has 4 heteroatoms. The largest absolute Gasteiger partial charge is 0.397 e. The van der Waals surface area contributed by atoms with E-state index in [1.54, 1.807) is 13.3 Å². The van der Waals surface area contributed by atoms with Crippen molar-refractivity contribution in [2.45, 2.75) is 0 Å². The van der Waals surface area contributed by atoms with Crippen molar-refractivity contribution < 1.29 is 4.74 Å². The fourth-order valence-corrected chi connectivity index (χ4v) is 1.24. The smallest absolute Gasteiger partial charge is 0.128 e. The number of aromatic nitrogens is 1. The van der Waals surface area contributed by atoms with Crippen LogP contribution >= 0.6 is 0 Å². The van der Waals surface area contributed by atoms with Gasteiger partial charge in [-0.3, -0.25) is 0 Å². The number of pyridine rings is 1. The van der Waals surface area contributed by atoms with Gasteiger partial charge in [-0.1, -0.05) is 6.08 Å². The Morgan fingerprint density at radius 2 is 2.40 bits per heavy atom. The molecule has 1 heterocycles. The number of anilines is 2. The molecule has 0 fully saturated rings. The summed E-state index contributed by atoms with van der Waals surface area (Å²) < 4.78 is 5.04. The summed E-state index contributed by atoms with van der Waals surface area (Å²) >= 11 is 0. The molecule has 82 valence electrons. The van der Waals surface area contributed by atoms with Crippen LogP contribution in [0.5, 0.6) is 0 Å². The number of nitrogens with two attached hydrogens (primary N) is 1. The minimum atomic E-state index is 0.667. The summed E-state index contributed by atoms with van der Waals surface area (Å²) in [6, 6.07) is 3.74. The standard InChI is InChI=1S/C11H17N3O/c1-3-6-14(7-8-15-2)11-5-4-10(12)9-13-11/h3-5,9H,1,6-8,12H2,2H3. The molecule has 0 atom stereocenters. The van der Waals surface area contributed by atoms with Crippen LogP contribution in [0.4, 0.5) is 11.5 Å². The highest BCUT2D eigenvalue weighted by atomic mass is 16.5. The quantitative estimate of drug-likeness (QED) is 0.714. The first-order valence-corrected chi connectivity index (χ1v) is 4.84. The Morgan fingerprint density at radius 3 is 2.93 bits per heavy atom. The van der Waals surface area contributed by atoms with Gasteiger partial charge in [0.05, 0.1) is 18.5 Å². The van der Waals surface area contributed by atoms with Crippen molar-refractivity contribution in [1.29, 1.82) is 0 Å². The van der Waals surface area contributed by atoms with E-state index in [9.17, 15) is 0 Å². The molecule has 0 aromatic carbocycles. The van der Waals surface area contributed by atoms with Crippen LogP contribution in [0.25, 0.3) is 0 Å². The summed E-state index contributed by atoms with van der Waals surface area (Å²) in [6.45, 7) is 5.92.